The first kappa shape index (κ1) is 13.7. The van der Waals surface area contributed by atoms with Crippen molar-refractivity contribution in [2.45, 2.75) is 57.3 Å². The largest absolute Gasteiger partial charge is 0.329 e. The van der Waals surface area contributed by atoms with E-state index in [0.29, 0.717) is 12.3 Å². The predicted molar refractivity (Wildman–Crippen MR) is 79.5 cm³/mol. The molecule has 1 saturated carbocycles. The van der Waals surface area contributed by atoms with E-state index in [1.54, 1.807) is 0 Å². The molecule has 20 heavy (non-hydrogen) atoms. The summed E-state index contributed by atoms with van der Waals surface area (Å²) in [7, 11) is 0. The number of pyridine rings is 1. The van der Waals surface area contributed by atoms with Gasteiger partial charge in [0.25, 0.3) is 0 Å². The van der Waals surface area contributed by atoms with E-state index in [1.807, 2.05) is 12.3 Å². The van der Waals surface area contributed by atoms with Crippen molar-refractivity contribution in [1.82, 2.24) is 4.98 Å². The molecule has 1 aromatic rings. The molecule has 3 rings (SSSR count). The van der Waals surface area contributed by atoms with Crippen LogP contribution < -0.4 is 5.73 Å². The van der Waals surface area contributed by atoms with Crippen LogP contribution in [0.2, 0.25) is 0 Å². The summed E-state index contributed by atoms with van der Waals surface area (Å²) < 4.78 is 0. The van der Waals surface area contributed by atoms with Crippen LogP contribution in [0.15, 0.2) is 18.3 Å². The van der Waals surface area contributed by atoms with Crippen LogP contribution in [-0.2, 0) is 11.2 Å². The van der Waals surface area contributed by atoms with Crippen molar-refractivity contribution in [3.63, 3.8) is 0 Å². The first-order valence-electron chi connectivity index (χ1n) is 7.95. The van der Waals surface area contributed by atoms with Gasteiger partial charge in [-0.15, -0.1) is 0 Å². The van der Waals surface area contributed by atoms with Gasteiger partial charge in [0.15, 0.2) is 0 Å². The van der Waals surface area contributed by atoms with Gasteiger partial charge in [-0.3, -0.25) is 9.78 Å². The molecule has 0 saturated heterocycles. The summed E-state index contributed by atoms with van der Waals surface area (Å²) in [5.41, 5.74) is 8.06. The van der Waals surface area contributed by atoms with Gasteiger partial charge in [0.1, 0.15) is 5.78 Å². The number of fused-ring (bicyclic) bond motifs is 1. The third-order valence-corrected chi connectivity index (χ3v) is 5.25. The Bertz CT molecular complexity index is 490. The minimum atomic E-state index is -0.277. The Morgan fingerprint density at radius 2 is 2.05 bits per heavy atom. The second-order valence-electron chi connectivity index (χ2n) is 6.40. The van der Waals surface area contributed by atoms with Crippen LogP contribution in [0.3, 0.4) is 0 Å². The molecule has 1 atom stereocenters. The average molecular weight is 272 g/mol. The molecule has 2 N–H and O–H groups in total. The van der Waals surface area contributed by atoms with Gasteiger partial charge >= 0.3 is 0 Å². The summed E-state index contributed by atoms with van der Waals surface area (Å²) in [5.74, 6) is 0.368. The van der Waals surface area contributed by atoms with Crippen molar-refractivity contribution in [2.75, 3.05) is 6.54 Å². The average Bonchev–Trinajstić information content (AvgIpc) is 2.76. The highest BCUT2D eigenvalue weighted by molar-refractivity contribution is 5.91. The molecule has 1 fully saturated rings. The molecule has 0 radical (unpaired) electrons. The van der Waals surface area contributed by atoms with Crippen LogP contribution in [0.1, 0.15) is 62.1 Å². The molecule has 1 heterocycles. The van der Waals surface area contributed by atoms with Crippen molar-refractivity contribution in [1.29, 1.82) is 0 Å². The number of aromatic nitrogens is 1. The van der Waals surface area contributed by atoms with Crippen LogP contribution in [0.5, 0.6) is 0 Å². The highest BCUT2D eigenvalue weighted by atomic mass is 16.1. The Morgan fingerprint density at radius 1 is 1.30 bits per heavy atom. The number of aryl methyl sites for hydroxylation is 1. The predicted octanol–water partition coefficient (Wildman–Crippen LogP) is 2.98. The molecule has 0 amide bonds. The number of hydrogen-bond acceptors (Lipinski definition) is 3. The van der Waals surface area contributed by atoms with Crippen LogP contribution in [0.4, 0.5) is 0 Å². The quantitative estimate of drug-likeness (QED) is 0.861. The van der Waals surface area contributed by atoms with Crippen LogP contribution in [-0.4, -0.2) is 17.3 Å². The maximum absolute atomic E-state index is 13.1. The second-order valence-corrected chi connectivity index (χ2v) is 6.40. The topological polar surface area (TPSA) is 56.0 Å². The summed E-state index contributed by atoms with van der Waals surface area (Å²) in [5, 5.41) is 0. The zero-order valence-corrected chi connectivity index (χ0v) is 12.1. The van der Waals surface area contributed by atoms with Crippen molar-refractivity contribution in [2.24, 2.45) is 11.1 Å². The Kier molecular flexibility index (Phi) is 3.88. The van der Waals surface area contributed by atoms with Gasteiger partial charge in [0, 0.05) is 18.2 Å². The number of hydrogen-bond donors (Lipinski definition) is 1. The van der Waals surface area contributed by atoms with Crippen LogP contribution in [0, 0.1) is 5.41 Å². The number of nitrogens with zero attached hydrogens (tertiary/aromatic N) is 1. The number of carbonyl (C=O) groups is 1. The maximum atomic E-state index is 13.1. The Hall–Kier alpha value is -1.22. The normalized spacial score (nSPS) is 24.9. The zero-order chi connectivity index (χ0) is 14.0. The smallest absolute Gasteiger partial charge is 0.149 e. The van der Waals surface area contributed by atoms with E-state index in [-0.39, 0.29) is 11.3 Å². The molecule has 3 heteroatoms. The standard InChI is InChI=1S/C17H24N2O/c18-12-17(9-3-1-2-4-10-17)16(20)14-8-7-13-6-5-11-19-15(13)14/h5-6,11,14H,1-4,7-10,12,18H2. The number of nitrogens with two attached hydrogens (primary N) is 1. The Balaban J connectivity index is 1.88. The molecule has 108 valence electrons. The van der Waals surface area contributed by atoms with Crippen molar-refractivity contribution < 1.29 is 4.79 Å². The van der Waals surface area contributed by atoms with Crippen molar-refractivity contribution >= 4 is 5.78 Å². The van der Waals surface area contributed by atoms with Gasteiger partial charge in [-0.2, -0.15) is 0 Å². The molecule has 2 aliphatic carbocycles. The minimum Gasteiger partial charge on any atom is -0.329 e. The van der Waals surface area contributed by atoms with Crippen molar-refractivity contribution in [3.8, 4) is 0 Å². The molecule has 3 nitrogen and oxygen atoms in total. The lowest BCUT2D eigenvalue weighted by atomic mass is 9.72. The van der Waals surface area contributed by atoms with Gasteiger partial charge in [-0.25, -0.2) is 0 Å². The highest BCUT2D eigenvalue weighted by Gasteiger charge is 2.43. The summed E-state index contributed by atoms with van der Waals surface area (Å²) >= 11 is 0. The molecule has 1 aromatic heterocycles. The Labute approximate surface area is 121 Å². The fourth-order valence-electron chi connectivity index (χ4n) is 3.99. The molecule has 1 unspecified atom stereocenters. The van der Waals surface area contributed by atoms with E-state index in [9.17, 15) is 4.79 Å². The van der Waals surface area contributed by atoms with E-state index in [4.69, 9.17) is 5.73 Å². The van der Waals surface area contributed by atoms with Crippen LogP contribution >= 0.6 is 0 Å². The molecule has 0 aromatic carbocycles. The number of rotatable bonds is 3. The van der Waals surface area contributed by atoms with Gasteiger partial charge in [0.2, 0.25) is 0 Å². The summed E-state index contributed by atoms with van der Waals surface area (Å²) in [6.45, 7) is 0.504. The SMILES string of the molecule is NCC1(C(=O)C2CCc3cccnc32)CCCCCC1. The third-order valence-electron chi connectivity index (χ3n) is 5.25. The van der Waals surface area contributed by atoms with Crippen molar-refractivity contribution in [3.05, 3.63) is 29.6 Å². The van der Waals surface area contributed by atoms with Gasteiger partial charge in [-0.05, 0) is 37.3 Å². The summed E-state index contributed by atoms with van der Waals surface area (Å²) in [4.78, 5) is 17.6. The number of Topliss-reactive ketones (excluding diaryl/α,β-unsaturated/α-hetero) is 1. The molecule has 0 aliphatic heterocycles. The van der Waals surface area contributed by atoms with E-state index in [0.717, 1.165) is 44.2 Å². The highest BCUT2D eigenvalue weighted by Crippen LogP contribution is 2.43. The van der Waals surface area contributed by atoms with Crippen LogP contribution in [0.25, 0.3) is 0 Å². The number of ketones is 1. The second kappa shape index (κ2) is 5.65. The molecule has 0 bridgehead atoms. The lowest BCUT2D eigenvalue weighted by Gasteiger charge is -2.32. The monoisotopic (exact) mass is 272 g/mol. The maximum Gasteiger partial charge on any atom is 0.149 e. The fourth-order valence-corrected chi connectivity index (χ4v) is 3.99. The van der Waals surface area contributed by atoms with Gasteiger partial charge < -0.3 is 5.73 Å². The summed E-state index contributed by atoms with van der Waals surface area (Å²) in [6, 6.07) is 4.08. The Morgan fingerprint density at radius 3 is 2.75 bits per heavy atom. The zero-order valence-electron chi connectivity index (χ0n) is 12.1. The van der Waals surface area contributed by atoms with E-state index >= 15 is 0 Å². The number of carbonyl (C=O) groups excluding carboxylic acids is 1. The first-order chi connectivity index (χ1) is 9.77. The summed E-state index contributed by atoms with van der Waals surface area (Å²) in [6.07, 6.45) is 10.4. The molecular weight excluding hydrogens is 248 g/mol. The molecule has 0 spiro atoms. The third kappa shape index (κ3) is 2.28. The van der Waals surface area contributed by atoms with E-state index in [1.165, 1.54) is 18.4 Å². The van der Waals surface area contributed by atoms with E-state index < -0.39 is 0 Å². The molecule has 2 aliphatic rings. The fraction of sp³-hybridized carbons (Fsp3) is 0.647. The van der Waals surface area contributed by atoms with Gasteiger partial charge in [-0.1, -0.05) is 31.7 Å². The van der Waals surface area contributed by atoms with E-state index in [2.05, 4.69) is 11.1 Å². The lowest BCUT2D eigenvalue weighted by Crippen LogP contribution is -2.41. The van der Waals surface area contributed by atoms with Gasteiger partial charge in [0.05, 0.1) is 11.6 Å². The first-order valence-corrected chi connectivity index (χ1v) is 7.95. The minimum absolute atomic E-state index is 0.00662. The molecular formula is C17H24N2O. The lowest BCUT2D eigenvalue weighted by molar-refractivity contribution is -0.130.